The predicted octanol–water partition coefficient (Wildman–Crippen LogP) is 3.12. The summed E-state index contributed by atoms with van der Waals surface area (Å²) in [4.78, 5) is 25.7. The lowest BCUT2D eigenvalue weighted by molar-refractivity contribution is -0.136. The van der Waals surface area contributed by atoms with E-state index < -0.39 is 5.97 Å². The van der Waals surface area contributed by atoms with Crippen LogP contribution in [0, 0.1) is 13.8 Å². The Kier molecular flexibility index (Phi) is 3.94. The molecule has 1 aliphatic heterocycles. The van der Waals surface area contributed by atoms with Gasteiger partial charge in [-0.05, 0) is 38.3 Å². The summed E-state index contributed by atoms with van der Waals surface area (Å²) in [5.41, 5.74) is 4.29. The fourth-order valence-corrected chi connectivity index (χ4v) is 3.12. The van der Waals surface area contributed by atoms with Crippen LogP contribution in [-0.2, 0) is 17.6 Å². The van der Waals surface area contributed by atoms with Gasteiger partial charge in [-0.2, -0.15) is 0 Å². The SMILES string of the molecule is Cc1ccc2c(c1)CCCN2C(=O)c1c(C)coc1CC(=O)O. The molecule has 3 rings (SSSR count). The fraction of sp³-hybridized carbons (Fsp3) is 0.333. The number of nitrogens with zero attached hydrogens (tertiary/aromatic N) is 1. The number of carboxylic acids is 1. The first-order valence-electron chi connectivity index (χ1n) is 7.67. The van der Waals surface area contributed by atoms with Crippen LogP contribution in [-0.4, -0.2) is 23.5 Å². The maximum absolute atomic E-state index is 13.0. The van der Waals surface area contributed by atoms with Crippen LogP contribution in [0.4, 0.5) is 5.69 Å². The lowest BCUT2D eigenvalue weighted by Crippen LogP contribution is -2.36. The molecule has 2 heterocycles. The fourth-order valence-electron chi connectivity index (χ4n) is 3.12. The number of benzene rings is 1. The minimum atomic E-state index is -1.01. The van der Waals surface area contributed by atoms with Crippen LogP contribution in [0.2, 0.25) is 0 Å². The summed E-state index contributed by atoms with van der Waals surface area (Å²) in [5.74, 6) is -0.973. The number of aliphatic carboxylic acids is 1. The summed E-state index contributed by atoms with van der Waals surface area (Å²) in [6.07, 6.45) is 3.01. The Hall–Kier alpha value is -2.56. The number of aryl methyl sites for hydroxylation is 3. The Morgan fingerprint density at radius 3 is 2.83 bits per heavy atom. The highest BCUT2D eigenvalue weighted by Crippen LogP contribution is 2.31. The van der Waals surface area contributed by atoms with Crippen LogP contribution in [0.3, 0.4) is 0 Å². The molecule has 1 amide bonds. The van der Waals surface area contributed by atoms with Crippen molar-refractivity contribution in [2.75, 3.05) is 11.4 Å². The van der Waals surface area contributed by atoms with E-state index >= 15 is 0 Å². The molecular formula is C18H19NO4. The molecule has 0 aliphatic carbocycles. The highest BCUT2D eigenvalue weighted by molar-refractivity contribution is 6.08. The molecule has 5 nitrogen and oxygen atoms in total. The first-order chi connectivity index (χ1) is 11.0. The summed E-state index contributed by atoms with van der Waals surface area (Å²) in [7, 11) is 0. The topological polar surface area (TPSA) is 70.8 Å². The van der Waals surface area contributed by atoms with Crippen molar-refractivity contribution < 1.29 is 19.1 Å². The van der Waals surface area contributed by atoms with Gasteiger partial charge in [-0.25, -0.2) is 0 Å². The van der Waals surface area contributed by atoms with E-state index in [1.807, 2.05) is 19.1 Å². The maximum atomic E-state index is 13.0. The summed E-state index contributed by atoms with van der Waals surface area (Å²) >= 11 is 0. The van der Waals surface area contributed by atoms with Crippen molar-refractivity contribution >= 4 is 17.6 Å². The van der Waals surface area contributed by atoms with E-state index in [1.54, 1.807) is 11.8 Å². The number of amides is 1. The van der Waals surface area contributed by atoms with Gasteiger partial charge in [-0.15, -0.1) is 0 Å². The second kappa shape index (κ2) is 5.91. The number of furan rings is 1. The van der Waals surface area contributed by atoms with Crippen molar-refractivity contribution in [2.24, 2.45) is 0 Å². The van der Waals surface area contributed by atoms with Crippen LogP contribution in [0.5, 0.6) is 0 Å². The molecule has 23 heavy (non-hydrogen) atoms. The van der Waals surface area contributed by atoms with Gasteiger partial charge in [0.2, 0.25) is 0 Å². The highest BCUT2D eigenvalue weighted by atomic mass is 16.4. The van der Waals surface area contributed by atoms with Crippen LogP contribution in [0.15, 0.2) is 28.9 Å². The van der Waals surface area contributed by atoms with Gasteiger partial charge in [-0.3, -0.25) is 9.59 Å². The van der Waals surface area contributed by atoms with E-state index in [2.05, 4.69) is 6.07 Å². The lowest BCUT2D eigenvalue weighted by atomic mass is 9.98. The number of carbonyl (C=O) groups excluding carboxylic acids is 1. The van der Waals surface area contributed by atoms with Gasteiger partial charge in [0.15, 0.2) is 0 Å². The molecule has 0 saturated carbocycles. The molecule has 1 aromatic carbocycles. The minimum absolute atomic E-state index is 0.183. The summed E-state index contributed by atoms with van der Waals surface area (Å²) < 4.78 is 5.30. The second-order valence-electron chi connectivity index (χ2n) is 5.98. The number of rotatable bonds is 3. The van der Waals surface area contributed by atoms with E-state index in [9.17, 15) is 9.59 Å². The number of fused-ring (bicyclic) bond motifs is 1. The van der Waals surface area contributed by atoms with Crippen molar-refractivity contribution in [1.29, 1.82) is 0 Å². The highest BCUT2D eigenvalue weighted by Gasteiger charge is 2.28. The van der Waals surface area contributed by atoms with Gasteiger partial charge in [0.25, 0.3) is 5.91 Å². The number of hydrogen-bond donors (Lipinski definition) is 1. The van der Waals surface area contributed by atoms with Crippen molar-refractivity contribution in [1.82, 2.24) is 0 Å². The molecule has 0 bridgehead atoms. The molecule has 0 atom stereocenters. The standard InChI is InChI=1S/C18H19NO4/c1-11-5-6-14-13(8-11)4-3-7-19(14)18(22)17-12(2)10-23-15(17)9-16(20)21/h5-6,8,10H,3-4,7,9H2,1-2H3,(H,20,21). The molecule has 0 radical (unpaired) electrons. The number of anilines is 1. The van der Waals surface area contributed by atoms with Crippen molar-refractivity contribution in [3.05, 3.63) is 52.5 Å². The zero-order valence-electron chi connectivity index (χ0n) is 13.3. The third kappa shape index (κ3) is 2.86. The maximum Gasteiger partial charge on any atom is 0.311 e. The van der Waals surface area contributed by atoms with Gasteiger partial charge in [0, 0.05) is 17.8 Å². The van der Waals surface area contributed by atoms with Crippen LogP contribution in [0.1, 0.15) is 39.2 Å². The molecule has 0 unspecified atom stereocenters. The summed E-state index contributed by atoms with van der Waals surface area (Å²) in [6, 6.07) is 6.06. The molecule has 2 aromatic rings. The zero-order valence-corrected chi connectivity index (χ0v) is 13.3. The normalized spacial score (nSPS) is 13.7. The van der Waals surface area contributed by atoms with Crippen molar-refractivity contribution in [3.63, 3.8) is 0 Å². The lowest BCUT2D eigenvalue weighted by Gasteiger charge is -2.30. The molecule has 0 saturated heterocycles. The van der Waals surface area contributed by atoms with Gasteiger partial charge in [0.05, 0.1) is 11.8 Å². The monoisotopic (exact) mass is 313 g/mol. The number of hydrogen-bond acceptors (Lipinski definition) is 3. The van der Waals surface area contributed by atoms with E-state index in [-0.39, 0.29) is 18.1 Å². The molecule has 1 N–H and O–H groups in total. The van der Waals surface area contributed by atoms with E-state index in [0.717, 1.165) is 24.1 Å². The minimum Gasteiger partial charge on any atom is -0.481 e. The quantitative estimate of drug-likeness (QED) is 0.945. The van der Waals surface area contributed by atoms with Crippen LogP contribution >= 0.6 is 0 Å². The Morgan fingerprint density at radius 2 is 2.09 bits per heavy atom. The zero-order chi connectivity index (χ0) is 16.6. The number of carboxylic acid groups (broad SMARTS) is 1. The predicted molar refractivity (Wildman–Crippen MR) is 86.0 cm³/mol. The van der Waals surface area contributed by atoms with E-state index in [1.165, 1.54) is 11.8 Å². The van der Waals surface area contributed by atoms with Crippen molar-refractivity contribution in [2.45, 2.75) is 33.1 Å². The first-order valence-corrected chi connectivity index (χ1v) is 7.67. The molecule has 5 heteroatoms. The van der Waals surface area contributed by atoms with E-state index in [4.69, 9.17) is 9.52 Å². The smallest absolute Gasteiger partial charge is 0.311 e. The molecule has 0 spiro atoms. The Bertz CT molecular complexity index is 775. The van der Waals surface area contributed by atoms with Crippen LogP contribution < -0.4 is 4.90 Å². The molecule has 0 fully saturated rings. The van der Waals surface area contributed by atoms with E-state index in [0.29, 0.717) is 17.7 Å². The Balaban J connectivity index is 2.00. The molecule has 1 aliphatic rings. The summed E-state index contributed by atoms with van der Waals surface area (Å²) in [5, 5.41) is 9.00. The Morgan fingerprint density at radius 1 is 1.30 bits per heavy atom. The largest absolute Gasteiger partial charge is 0.481 e. The molecule has 1 aromatic heterocycles. The molecular weight excluding hydrogens is 294 g/mol. The summed E-state index contributed by atoms with van der Waals surface area (Å²) in [6.45, 7) is 4.43. The van der Waals surface area contributed by atoms with Crippen molar-refractivity contribution in [3.8, 4) is 0 Å². The van der Waals surface area contributed by atoms with Gasteiger partial charge in [0.1, 0.15) is 12.2 Å². The Labute approximate surface area is 134 Å². The first kappa shape index (κ1) is 15.3. The second-order valence-corrected chi connectivity index (χ2v) is 5.98. The van der Waals surface area contributed by atoms with Gasteiger partial charge in [-0.1, -0.05) is 17.7 Å². The third-order valence-electron chi connectivity index (χ3n) is 4.18. The number of carbonyl (C=O) groups is 2. The molecule has 120 valence electrons. The van der Waals surface area contributed by atoms with Gasteiger partial charge >= 0.3 is 5.97 Å². The third-order valence-corrected chi connectivity index (χ3v) is 4.18. The average Bonchev–Trinajstić information content (AvgIpc) is 2.85. The van der Waals surface area contributed by atoms with Gasteiger partial charge < -0.3 is 14.4 Å². The average molecular weight is 313 g/mol. The van der Waals surface area contributed by atoms with Crippen LogP contribution in [0.25, 0.3) is 0 Å².